The van der Waals surface area contributed by atoms with Gasteiger partial charge in [0.25, 0.3) is 5.56 Å². The first-order chi connectivity index (χ1) is 18.6. The SMILES string of the molecule is C=CCOc1ccc(/C=c2\sc3n(c2=O)[C@H](c2ccc(Cl)cc2)C(C(=O)OCC)=C(C(F)(F)F)N=3)cc1OC. The van der Waals surface area contributed by atoms with Gasteiger partial charge in [0, 0.05) is 5.02 Å². The Hall–Kier alpha value is -3.83. The monoisotopic (exact) mass is 578 g/mol. The molecule has 39 heavy (non-hydrogen) atoms. The summed E-state index contributed by atoms with van der Waals surface area (Å²) in [5, 5.41) is 0.332. The quantitative estimate of drug-likeness (QED) is 0.289. The minimum absolute atomic E-state index is 0.0983. The lowest BCUT2D eigenvalue weighted by Crippen LogP contribution is -2.41. The van der Waals surface area contributed by atoms with Crippen LogP contribution in [0.5, 0.6) is 11.5 Å². The van der Waals surface area contributed by atoms with E-state index in [1.165, 1.54) is 44.4 Å². The van der Waals surface area contributed by atoms with Crippen molar-refractivity contribution >= 4 is 35.0 Å². The Labute approximate surface area is 229 Å². The van der Waals surface area contributed by atoms with Crippen molar-refractivity contribution in [3.8, 4) is 11.5 Å². The number of methoxy groups -OCH3 is 1. The van der Waals surface area contributed by atoms with Crippen LogP contribution in [0.2, 0.25) is 5.02 Å². The average Bonchev–Trinajstić information content (AvgIpc) is 3.21. The molecule has 2 aromatic carbocycles. The van der Waals surface area contributed by atoms with E-state index in [-0.39, 0.29) is 28.1 Å². The van der Waals surface area contributed by atoms with Crippen molar-refractivity contribution in [2.24, 2.45) is 4.99 Å². The molecule has 0 unspecified atom stereocenters. The Morgan fingerprint density at radius 1 is 1.21 bits per heavy atom. The highest BCUT2D eigenvalue weighted by Gasteiger charge is 2.45. The van der Waals surface area contributed by atoms with Crippen LogP contribution in [0.3, 0.4) is 0 Å². The first kappa shape index (κ1) is 28.2. The number of rotatable bonds is 8. The first-order valence-electron chi connectivity index (χ1n) is 11.6. The number of halogens is 4. The number of fused-ring (bicyclic) bond motifs is 1. The zero-order valence-corrected chi connectivity index (χ0v) is 22.3. The highest BCUT2D eigenvalue weighted by molar-refractivity contribution is 7.07. The Morgan fingerprint density at radius 2 is 1.92 bits per heavy atom. The van der Waals surface area contributed by atoms with Gasteiger partial charge in [0.1, 0.15) is 6.61 Å². The molecule has 2 heterocycles. The smallest absolute Gasteiger partial charge is 0.434 e. The molecule has 0 aliphatic carbocycles. The van der Waals surface area contributed by atoms with E-state index in [0.29, 0.717) is 22.1 Å². The highest BCUT2D eigenvalue weighted by Crippen LogP contribution is 2.38. The molecule has 204 valence electrons. The van der Waals surface area contributed by atoms with Crippen LogP contribution < -0.4 is 24.4 Å². The van der Waals surface area contributed by atoms with Gasteiger partial charge < -0.3 is 14.2 Å². The van der Waals surface area contributed by atoms with Crippen LogP contribution in [0.4, 0.5) is 13.2 Å². The zero-order chi connectivity index (χ0) is 28.3. The molecule has 1 aromatic heterocycles. The first-order valence-corrected chi connectivity index (χ1v) is 12.8. The van der Waals surface area contributed by atoms with Gasteiger partial charge in [0.2, 0.25) is 0 Å². The maximum absolute atomic E-state index is 14.2. The summed E-state index contributed by atoms with van der Waals surface area (Å²) in [4.78, 5) is 30.0. The van der Waals surface area contributed by atoms with Gasteiger partial charge in [-0.25, -0.2) is 9.79 Å². The third-order valence-corrected chi connectivity index (χ3v) is 6.86. The maximum Gasteiger partial charge on any atom is 0.434 e. The average molecular weight is 579 g/mol. The number of carbonyl (C=O) groups is 1. The largest absolute Gasteiger partial charge is 0.493 e. The summed E-state index contributed by atoms with van der Waals surface area (Å²) in [7, 11) is 1.45. The number of thiazole rings is 1. The fraction of sp³-hybridized carbons (Fsp3) is 0.222. The molecule has 7 nitrogen and oxygen atoms in total. The molecule has 0 bridgehead atoms. The van der Waals surface area contributed by atoms with E-state index >= 15 is 0 Å². The van der Waals surface area contributed by atoms with E-state index in [1.807, 2.05) is 0 Å². The summed E-state index contributed by atoms with van der Waals surface area (Å²) >= 11 is 6.76. The minimum Gasteiger partial charge on any atom is -0.493 e. The molecule has 1 aliphatic rings. The van der Waals surface area contributed by atoms with E-state index in [4.69, 9.17) is 25.8 Å². The zero-order valence-electron chi connectivity index (χ0n) is 20.8. The molecular weight excluding hydrogens is 557 g/mol. The molecule has 0 radical (unpaired) electrons. The second-order valence-electron chi connectivity index (χ2n) is 8.12. The molecule has 0 saturated carbocycles. The number of carbonyl (C=O) groups excluding carboxylic acids is 1. The summed E-state index contributed by atoms with van der Waals surface area (Å²) in [5.74, 6) is -0.378. The van der Waals surface area contributed by atoms with Crippen LogP contribution in [0, 0.1) is 0 Å². The van der Waals surface area contributed by atoms with E-state index in [9.17, 15) is 22.8 Å². The second-order valence-corrected chi connectivity index (χ2v) is 9.57. The lowest BCUT2D eigenvalue weighted by Gasteiger charge is -2.26. The number of hydrogen-bond acceptors (Lipinski definition) is 7. The Kier molecular flexibility index (Phi) is 8.31. The molecule has 1 aliphatic heterocycles. The van der Waals surface area contributed by atoms with E-state index in [1.54, 1.807) is 24.3 Å². The number of ether oxygens (including phenoxy) is 3. The third kappa shape index (κ3) is 5.79. The summed E-state index contributed by atoms with van der Waals surface area (Å²) in [5.41, 5.74) is -2.06. The number of esters is 1. The predicted molar refractivity (Wildman–Crippen MR) is 141 cm³/mol. The fourth-order valence-electron chi connectivity index (χ4n) is 3.99. The van der Waals surface area contributed by atoms with Gasteiger partial charge in [-0.3, -0.25) is 9.36 Å². The van der Waals surface area contributed by atoms with Gasteiger partial charge in [0.05, 0.1) is 29.9 Å². The lowest BCUT2D eigenvalue weighted by atomic mass is 9.95. The molecule has 0 N–H and O–H groups in total. The number of nitrogens with zero attached hydrogens (tertiary/aromatic N) is 2. The molecular formula is C27H22ClF3N2O5S. The van der Waals surface area contributed by atoms with E-state index in [0.717, 1.165) is 15.9 Å². The van der Waals surface area contributed by atoms with Gasteiger partial charge in [-0.2, -0.15) is 13.2 Å². The number of allylic oxidation sites excluding steroid dienone is 1. The highest BCUT2D eigenvalue weighted by atomic mass is 35.5. The molecule has 3 aromatic rings. The van der Waals surface area contributed by atoms with Crippen LogP contribution in [0.15, 0.2) is 76.2 Å². The van der Waals surface area contributed by atoms with Crippen LogP contribution in [-0.2, 0) is 9.53 Å². The van der Waals surface area contributed by atoms with Crippen molar-refractivity contribution in [3.05, 3.63) is 102 Å². The van der Waals surface area contributed by atoms with Gasteiger partial charge in [-0.05, 0) is 48.4 Å². The van der Waals surface area contributed by atoms with Crippen LogP contribution in [-0.4, -0.2) is 37.0 Å². The fourth-order valence-corrected chi connectivity index (χ4v) is 5.12. The lowest BCUT2D eigenvalue weighted by molar-refractivity contribution is -0.140. The van der Waals surface area contributed by atoms with Crippen LogP contribution >= 0.6 is 22.9 Å². The van der Waals surface area contributed by atoms with Crippen molar-refractivity contribution in [2.45, 2.75) is 19.1 Å². The topological polar surface area (TPSA) is 79.1 Å². The van der Waals surface area contributed by atoms with Crippen LogP contribution in [0.25, 0.3) is 6.08 Å². The van der Waals surface area contributed by atoms with Gasteiger partial charge in [-0.15, -0.1) is 0 Å². The number of hydrogen-bond donors (Lipinski definition) is 0. The standard InChI is InChI=1S/C27H22ClF3N2O5S/c1-4-12-38-18-11-6-15(13-19(18)36-3)14-20-24(34)33-22(16-7-9-17(28)10-8-16)21(25(35)37-5-2)23(27(29,30)31)32-26(33)39-20/h4,6-11,13-14,22H,1,5,12H2,2-3H3/b20-14-/t22-/m1/s1. The minimum atomic E-state index is -4.99. The summed E-state index contributed by atoms with van der Waals surface area (Å²) in [6, 6.07) is 9.32. The van der Waals surface area contributed by atoms with Crippen molar-refractivity contribution in [1.82, 2.24) is 4.57 Å². The Morgan fingerprint density at radius 3 is 2.54 bits per heavy atom. The number of benzene rings is 2. The molecule has 0 spiro atoms. The molecule has 0 amide bonds. The maximum atomic E-state index is 14.2. The van der Waals surface area contributed by atoms with E-state index < -0.39 is 35.0 Å². The van der Waals surface area contributed by atoms with Crippen LogP contribution in [0.1, 0.15) is 24.1 Å². The van der Waals surface area contributed by atoms with E-state index in [2.05, 4.69) is 11.6 Å². The summed E-state index contributed by atoms with van der Waals surface area (Å²) < 4.78 is 59.6. The number of alkyl halides is 3. The van der Waals surface area contributed by atoms with Crippen molar-refractivity contribution in [3.63, 3.8) is 0 Å². The Balaban J connectivity index is 1.96. The third-order valence-electron chi connectivity index (χ3n) is 5.62. The van der Waals surface area contributed by atoms with Crippen molar-refractivity contribution in [1.29, 1.82) is 0 Å². The van der Waals surface area contributed by atoms with Gasteiger partial charge in [-0.1, -0.05) is 53.8 Å². The molecule has 0 saturated heterocycles. The Bertz CT molecular complexity index is 1620. The van der Waals surface area contributed by atoms with Gasteiger partial charge >= 0.3 is 12.1 Å². The second kappa shape index (κ2) is 11.5. The molecule has 0 fully saturated rings. The van der Waals surface area contributed by atoms with Crippen molar-refractivity contribution in [2.75, 3.05) is 20.3 Å². The predicted octanol–water partition coefficient (Wildman–Crippen LogP) is 4.57. The summed E-state index contributed by atoms with van der Waals surface area (Å²) in [6.45, 7) is 5.16. The van der Waals surface area contributed by atoms with Gasteiger partial charge in [0.15, 0.2) is 22.0 Å². The number of aromatic nitrogens is 1. The molecule has 4 rings (SSSR count). The van der Waals surface area contributed by atoms with Crippen molar-refractivity contribution < 1.29 is 32.2 Å². The summed E-state index contributed by atoms with van der Waals surface area (Å²) in [6.07, 6.45) is -1.91. The normalized spacial score (nSPS) is 15.4. The molecule has 12 heteroatoms. The molecule has 1 atom stereocenters.